The average molecular weight is 292 g/mol. The fraction of sp³-hybridized carbons (Fsp3) is 0.917. The van der Waals surface area contributed by atoms with Crippen LogP contribution < -0.4 is 10.5 Å². The van der Waals surface area contributed by atoms with E-state index in [1.54, 1.807) is 0 Å². The zero-order valence-electron chi connectivity index (χ0n) is 11.2. The van der Waals surface area contributed by atoms with Crippen LogP contribution in [0.5, 0.6) is 0 Å². The number of nitrogens with two attached hydrogens (primary N) is 1. The quantitative estimate of drug-likeness (QED) is 0.732. The van der Waals surface area contributed by atoms with E-state index in [1.807, 2.05) is 13.8 Å². The number of hydrogen-bond acceptors (Lipinski definition) is 3. The van der Waals surface area contributed by atoms with Crippen molar-refractivity contribution in [2.75, 3.05) is 12.3 Å². The van der Waals surface area contributed by atoms with Crippen LogP contribution in [0, 0.1) is 11.3 Å². The van der Waals surface area contributed by atoms with Crippen molar-refractivity contribution < 1.29 is 8.42 Å². The number of nitrogens with one attached hydrogen (secondary N) is 1. The van der Waals surface area contributed by atoms with Crippen molar-refractivity contribution >= 4 is 27.2 Å². The Morgan fingerprint density at radius 2 is 1.89 bits per heavy atom. The molecule has 1 saturated carbocycles. The third kappa shape index (κ3) is 5.20. The summed E-state index contributed by atoms with van der Waals surface area (Å²) in [5, 5.41) is 0. The van der Waals surface area contributed by atoms with Crippen LogP contribution in [-0.2, 0) is 10.0 Å². The van der Waals surface area contributed by atoms with E-state index < -0.39 is 15.4 Å². The van der Waals surface area contributed by atoms with E-state index in [0.717, 1.165) is 25.7 Å². The van der Waals surface area contributed by atoms with E-state index >= 15 is 0 Å². The third-order valence-corrected chi connectivity index (χ3v) is 5.63. The minimum absolute atomic E-state index is 0.237. The van der Waals surface area contributed by atoms with E-state index in [9.17, 15) is 8.42 Å². The Balaban J connectivity index is 2.47. The van der Waals surface area contributed by atoms with Crippen molar-refractivity contribution in [3.05, 3.63) is 0 Å². The van der Waals surface area contributed by atoms with Crippen molar-refractivity contribution in [2.24, 2.45) is 17.1 Å². The lowest BCUT2D eigenvalue weighted by Gasteiger charge is -2.25. The number of rotatable bonds is 6. The highest BCUT2D eigenvalue weighted by Crippen LogP contribution is 2.24. The zero-order valence-corrected chi connectivity index (χ0v) is 12.9. The molecule has 1 aliphatic rings. The van der Waals surface area contributed by atoms with Crippen LogP contribution >= 0.6 is 12.2 Å². The average Bonchev–Trinajstić information content (AvgIpc) is 2.27. The summed E-state index contributed by atoms with van der Waals surface area (Å²) in [4.78, 5) is 0.336. The Kier molecular flexibility index (Phi) is 5.55. The second-order valence-electron chi connectivity index (χ2n) is 5.85. The standard InChI is InChI=1S/C12H24N2O2S2/c1-12(2,11(13)17)9-14-18(15,16)8-10-6-4-3-5-7-10/h10,14H,3-9H2,1-2H3,(H2,13,17). The summed E-state index contributed by atoms with van der Waals surface area (Å²) in [6.07, 6.45) is 5.59. The van der Waals surface area contributed by atoms with Gasteiger partial charge in [0.15, 0.2) is 0 Å². The topological polar surface area (TPSA) is 72.2 Å². The molecule has 1 rings (SSSR count). The molecule has 18 heavy (non-hydrogen) atoms. The summed E-state index contributed by atoms with van der Waals surface area (Å²) in [6.45, 7) is 3.97. The Morgan fingerprint density at radius 3 is 2.39 bits per heavy atom. The molecule has 0 aromatic rings. The Bertz CT molecular complexity index is 385. The van der Waals surface area contributed by atoms with Crippen LogP contribution in [0.4, 0.5) is 0 Å². The highest BCUT2D eigenvalue weighted by molar-refractivity contribution is 7.89. The molecule has 0 aromatic carbocycles. The van der Waals surface area contributed by atoms with Crippen LogP contribution in [0.25, 0.3) is 0 Å². The van der Waals surface area contributed by atoms with Gasteiger partial charge in [0.1, 0.15) is 0 Å². The van der Waals surface area contributed by atoms with E-state index in [1.165, 1.54) is 6.42 Å². The van der Waals surface area contributed by atoms with Crippen molar-refractivity contribution in [2.45, 2.75) is 46.0 Å². The predicted octanol–water partition coefficient (Wildman–Crippen LogP) is 1.80. The second kappa shape index (κ2) is 6.30. The van der Waals surface area contributed by atoms with Gasteiger partial charge in [-0.15, -0.1) is 0 Å². The summed E-state index contributed by atoms with van der Waals surface area (Å²) < 4.78 is 26.6. The van der Waals surface area contributed by atoms with Crippen LogP contribution in [0.1, 0.15) is 46.0 Å². The Hall–Kier alpha value is -0.200. The summed E-state index contributed by atoms with van der Waals surface area (Å²) in [5.74, 6) is 0.546. The van der Waals surface area contributed by atoms with Gasteiger partial charge in [-0.3, -0.25) is 0 Å². The molecule has 0 aliphatic heterocycles. The first-order valence-corrected chi connectivity index (χ1v) is 8.56. The molecule has 4 nitrogen and oxygen atoms in total. The van der Waals surface area contributed by atoms with Gasteiger partial charge in [0.25, 0.3) is 0 Å². The predicted molar refractivity (Wildman–Crippen MR) is 78.9 cm³/mol. The SMILES string of the molecule is CC(C)(CNS(=O)(=O)CC1CCCCC1)C(N)=S. The van der Waals surface area contributed by atoms with Gasteiger partial charge in [0.05, 0.1) is 10.7 Å². The molecular formula is C12H24N2O2S2. The maximum absolute atomic E-state index is 12.0. The van der Waals surface area contributed by atoms with Crippen LogP contribution in [0.15, 0.2) is 0 Å². The molecule has 0 aromatic heterocycles. The molecule has 1 fully saturated rings. The molecule has 0 unspecified atom stereocenters. The summed E-state index contributed by atoms with van der Waals surface area (Å²) in [6, 6.07) is 0. The van der Waals surface area contributed by atoms with Gasteiger partial charge in [0, 0.05) is 12.0 Å². The van der Waals surface area contributed by atoms with Crippen molar-refractivity contribution in [3.8, 4) is 0 Å². The van der Waals surface area contributed by atoms with Gasteiger partial charge in [-0.2, -0.15) is 0 Å². The Morgan fingerprint density at radius 1 is 1.33 bits per heavy atom. The van der Waals surface area contributed by atoms with Crippen molar-refractivity contribution in [1.29, 1.82) is 0 Å². The van der Waals surface area contributed by atoms with Gasteiger partial charge in [-0.1, -0.05) is 45.3 Å². The van der Waals surface area contributed by atoms with Gasteiger partial charge < -0.3 is 5.73 Å². The first-order chi connectivity index (χ1) is 8.23. The van der Waals surface area contributed by atoms with E-state index in [4.69, 9.17) is 18.0 Å². The molecule has 0 bridgehead atoms. The lowest BCUT2D eigenvalue weighted by molar-refractivity contribution is 0.383. The molecule has 3 N–H and O–H groups in total. The maximum Gasteiger partial charge on any atom is 0.211 e. The second-order valence-corrected chi connectivity index (χ2v) is 8.15. The monoisotopic (exact) mass is 292 g/mol. The molecule has 0 heterocycles. The van der Waals surface area contributed by atoms with E-state index in [-0.39, 0.29) is 12.3 Å². The van der Waals surface area contributed by atoms with Crippen LogP contribution in [0.3, 0.4) is 0 Å². The largest absolute Gasteiger partial charge is 0.393 e. The van der Waals surface area contributed by atoms with Crippen LogP contribution in [-0.4, -0.2) is 25.7 Å². The minimum atomic E-state index is -3.21. The number of sulfonamides is 1. The molecule has 106 valence electrons. The molecule has 0 saturated heterocycles. The minimum Gasteiger partial charge on any atom is -0.393 e. The summed E-state index contributed by atoms with van der Waals surface area (Å²) in [5.41, 5.74) is 5.10. The molecule has 6 heteroatoms. The lowest BCUT2D eigenvalue weighted by atomic mass is 9.91. The first kappa shape index (κ1) is 15.9. The molecule has 0 radical (unpaired) electrons. The number of thiocarbonyl (C=S) groups is 1. The Labute approximate surface area is 116 Å². The van der Waals surface area contributed by atoms with Crippen molar-refractivity contribution in [3.63, 3.8) is 0 Å². The maximum atomic E-state index is 12.0. The molecule has 0 atom stereocenters. The van der Waals surface area contributed by atoms with Crippen molar-refractivity contribution in [1.82, 2.24) is 4.72 Å². The molecular weight excluding hydrogens is 268 g/mol. The van der Waals surface area contributed by atoms with E-state index in [2.05, 4.69) is 4.72 Å². The normalized spacial score (nSPS) is 18.8. The highest BCUT2D eigenvalue weighted by Gasteiger charge is 2.26. The lowest BCUT2D eigenvalue weighted by Crippen LogP contribution is -2.42. The number of hydrogen-bond donors (Lipinski definition) is 2. The van der Waals surface area contributed by atoms with Gasteiger partial charge in [0.2, 0.25) is 10.0 Å². The third-order valence-electron chi connectivity index (χ3n) is 3.58. The fourth-order valence-electron chi connectivity index (χ4n) is 2.10. The summed E-state index contributed by atoms with van der Waals surface area (Å²) >= 11 is 4.92. The van der Waals surface area contributed by atoms with E-state index in [0.29, 0.717) is 10.9 Å². The molecule has 0 spiro atoms. The fourth-order valence-corrected chi connectivity index (χ4v) is 3.83. The molecule has 0 amide bonds. The molecule has 1 aliphatic carbocycles. The summed E-state index contributed by atoms with van der Waals surface area (Å²) in [7, 11) is -3.21. The van der Waals surface area contributed by atoms with Gasteiger partial charge in [-0.05, 0) is 18.8 Å². The van der Waals surface area contributed by atoms with Gasteiger partial charge in [-0.25, -0.2) is 13.1 Å². The van der Waals surface area contributed by atoms with Crippen LogP contribution in [0.2, 0.25) is 0 Å². The van der Waals surface area contributed by atoms with Gasteiger partial charge >= 0.3 is 0 Å². The smallest absolute Gasteiger partial charge is 0.211 e. The highest BCUT2D eigenvalue weighted by atomic mass is 32.2. The zero-order chi connectivity index (χ0) is 13.8. The first-order valence-electron chi connectivity index (χ1n) is 6.50.